The Kier molecular flexibility index (Phi) is 4.52. The maximum atomic E-state index is 12.3. The number of alkyl halides is 2. The molecule has 4 nitrogen and oxygen atoms in total. The van der Waals surface area contributed by atoms with Gasteiger partial charge >= 0.3 is 12.4 Å². The van der Waals surface area contributed by atoms with Gasteiger partial charge in [0.15, 0.2) is 0 Å². The van der Waals surface area contributed by atoms with Crippen molar-refractivity contribution in [3.8, 4) is 0 Å². The van der Waals surface area contributed by atoms with Crippen molar-refractivity contribution in [2.24, 2.45) is 0 Å². The molecule has 2 unspecified atom stereocenters. The number of aliphatic carboxylic acids is 1. The van der Waals surface area contributed by atoms with Gasteiger partial charge in [0.1, 0.15) is 6.04 Å². The summed E-state index contributed by atoms with van der Waals surface area (Å²) in [4.78, 5) is 22.9. The van der Waals surface area contributed by atoms with Crippen molar-refractivity contribution >= 4 is 23.6 Å². The number of carbonyl (C=O) groups excluding carboxylic acids is 1. The molecule has 16 heavy (non-hydrogen) atoms. The largest absolute Gasteiger partial charge is 0.480 e. The molecule has 1 fully saturated rings. The van der Waals surface area contributed by atoms with Gasteiger partial charge in [0.2, 0.25) is 0 Å². The lowest BCUT2D eigenvalue weighted by Gasteiger charge is -2.26. The molecule has 0 aromatic heterocycles. The topological polar surface area (TPSA) is 57.6 Å². The Hall–Kier alpha value is -0.850. The first-order valence-corrected chi connectivity index (χ1v) is 5.98. The van der Waals surface area contributed by atoms with Crippen LogP contribution in [-0.2, 0) is 9.59 Å². The molecule has 7 heteroatoms. The monoisotopic (exact) mass is 253 g/mol. The van der Waals surface area contributed by atoms with Gasteiger partial charge in [-0.3, -0.25) is 4.79 Å². The molecule has 1 heterocycles. The Labute approximate surface area is 96.0 Å². The molecular formula is C9H13F2NO3S. The summed E-state index contributed by atoms with van der Waals surface area (Å²) < 4.78 is 24.7. The Bertz CT molecular complexity index is 288. The van der Waals surface area contributed by atoms with Crippen LogP contribution in [0.2, 0.25) is 0 Å². The van der Waals surface area contributed by atoms with Crippen molar-refractivity contribution in [3.05, 3.63) is 0 Å². The first-order chi connectivity index (χ1) is 7.49. The van der Waals surface area contributed by atoms with Gasteiger partial charge in [-0.05, 0) is 6.42 Å². The van der Waals surface area contributed by atoms with Gasteiger partial charge < -0.3 is 10.0 Å². The summed E-state index contributed by atoms with van der Waals surface area (Å²) >= 11 is 1.25. The number of carboxylic acid groups (broad SMARTS) is 1. The van der Waals surface area contributed by atoms with E-state index in [0.29, 0.717) is 6.42 Å². The van der Waals surface area contributed by atoms with Crippen LogP contribution in [0.15, 0.2) is 0 Å². The Morgan fingerprint density at radius 2 is 2.19 bits per heavy atom. The second kappa shape index (κ2) is 5.47. The number of rotatable bonds is 4. The third-order valence-electron chi connectivity index (χ3n) is 2.35. The maximum Gasteiger partial charge on any atom is 0.327 e. The van der Waals surface area contributed by atoms with Gasteiger partial charge in [0.25, 0.3) is 5.91 Å². The molecule has 1 rings (SSSR count). The van der Waals surface area contributed by atoms with Crippen LogP contribution in [0.5, 0.6) is 0 Å². The van der Waals surface area contributed by atoms with Gasteiger partial charge in [-0.2, -0.15) is 8.78 Å². The molecular weight excluding hydrogens is 240 g/mol. The van der Waals surface area contributed by atoms with Gasteiger partial charge in [0, 0.05) is 5.75 Å². The predicted octanol–water partition coefficient (Wildman–Crippen LogP) is 1.41. The number of halogens is 2. The molecule has 0 spiro atoms. The second-order valence-corrected chi connectivity index (χ2v) is 4.69. The molecule has 0 radical (unpaired) electrons. The summed E-state index contributed by atoms with van der Waals surface area (Å²) in [6.07, 6.45) is -1.89. The number of hydrogen-bond acceptors (Lipinski definition) is 3. The molecule has 0 aliphatic carbocycles. The average molecular weight is 253 g/mol. The minimum absolute atomic E-state index is 0.179. The van der Waals surface area contributed by atoms with E-state index in [9.17, 15) is 18.4 Å². The van der Waals surface area contributed by atoms with Crippen molar-refractivity contribution < 1.29 is 23.5 Å². The van der Waals surface area contributed by atoms with Gasteiger partial charge in [-0.1, -0.05) is 13.3 Å². The second-order valence-electron chi connectivity index (χ2n) is 3.48. The molecule has 0 bridgehead atoms. The maximum absolute atomic E-state index is 12.3. The molecule has 1 aliphatic rings. The van der Waals surface area contributed by atoms with Crippen molar-refractivity contribution in [3.63, 3.8) is 0 Å². The van der Waals surface area contributed by atoms with E-state index in [2.05, 4.69) is 0 Å². The molecule has 1 N–H and O–H groups in total. The zero-order chi connectivity index (χ0) is 12.3. The van der Waals surface area contributed by atoms with E-state index in [4.69, 9.17) is 5.11 Å². The van der Waals surface area contributed by atoms with Crippen molar-refractivity contribution in [2.75, 3.05) is 5.75 Å². The lowest BCUT2D eigenvalue weighted by atomic mass is 10.2. The first-order valence-electron chi connectivity index (χ1n) is 4.93. The minimum Gasteiger partial charge on any atom is -0.480 e. The van der Waals surface area contributed by atoms with E-state index < -0.39 is 29.7 Å². The third-order valence-corrected chi connectivity index (χ3v) is 3.71. The highest BCUT2D eigenvalue weighted by Crippen LogP contribution is 2.33. The molecule has 92 valence electrons. The SMILES string of the molecule is CCCC1SCC(C(=O)O)N1C(=O)C(F)F. The summed E-state index contributed by atoms with van der Waals surface area (Å²) in [6, 6.07) is -1.12. The zero-order valence-electron chi connectivity index (χ0n) is 8.73. The molecule has 1 aliphatic heterocycles. The molecule has 0 aromatic rings. The number of hydrogen-bond donors (Lipinski definition) is 1. The minimum atomic E-state index is -3.14. The molecule has 2 atom stereocenters. The number of carbonyl (C=O) groups is 2. The lowest BCUT2D eigenvalue weighted by Crippen LogP contribution is -2.48. The van der Waals surface area contributed by atoms with E-state index in [-0.39, 0.29) is 5.75 Å². The standard InChI is InChI=1S/C9H13F2NO3S/c1-2-3-6-12(8(13)7(10)11)5(4-16-6)9(14)15/h5-7H,2-4H2,1H3,(H,14,15). The third kappa shape index (κ3) is 2.63. The predicted molar refractivity (Wildman–Crippen MR) is 55.4 cm³/mol. The van der Waals surface area contributed by atoms with E-state index in [1.807, 2.05) is 6.92 Å². The highest BCUT2D eigenvalue weighted by Gasteiger charge is 2.43. The number of thioether (sulfide) groups is 1. The fourth-order valence-electron chi connectivity index (χ4n) is 1.63. The van der Waals surface area contributed by atoms with Gasteiger partial charge in [-0.25, -0.2) is 4.79 Å². The number of amides is 1. The van der Waals surface area contributed by atoms with E-state index in [1.165, 1.54) is 11.8 Å². The van der Waals surface area contributed by atoms with E-state index >= 15 is 0 Å². The van der Waals surface area contributed by atoms with Crippen molar-refractivity contribution in [1.29, 1.82) is 0 Å². The van der Waals surface area contributed by atoms with Crippen LogP contribution in [0.25, 0.3) is 0 Å². The summed E-state index contributed by atoms with van der Waals surface area (Å²) in [5, 5.41) is 8.41. The first kappa shape index (κ1) is 13.2. The summed E-state index contributed by atoms with van der Waals surface area (Å²) in [7, 11) is 0. The van der Waals surface area contributed by atoms with Crippen molar-refractivity contribution in [2.45, 2.75) is 37.6 Å². The van der Waals surface area contributed by atoms with Gasteiger partial charge in [0.05, 0.1) is 5.37 Å². The van der Waals surface area contributed by atoms with E-state index in [1.54, 1.807) is 0 Å². The fraction of sp³-hybridized carbons (Fsp3) is 0.778. The van der Waals surface area contributed by atoms with E-state index in [0.717, 1.165) is 11.3 Å². The molecule has 0 aromatic carbocycles. The van der Waals surface area contributed by atoms with Crippen LogP contribution in [0, 0.1) is 0 Å². The molecule has 1 amide bonds. The summed E-state index contributed by atoms with van der Waals surface area (Å²) in [5.74, 6) is -2.42. The quantitative estimate of drug-likeness (QED) is 0.823. The smallest absolute Gasteiger partial charge is 0.327 e. The Balaban J connectivity index is 2.84. The zero-order valence-corrected chi connectivity index (χ0v) is 9.54. The Morgan fingerprint density at radius 1 is 1.56 bits per heavy atom. The van der Waals surface area contributed by atoms with Crippen LogP contribution >= 0.6 is 11.8 Å². The lowest BCUT2D eigenvalue weighted by molar-refractivity contribution is -0.154. The normalized spacial score (nSPS) is 25.1. The van der Waals surface area contributed by atoms with Crippen LogP contribution in [0.1, 0.15) is 19.8 Å². The van der Waals surface area contributed by atoms with Crippen LogP contribution in [-0.4, -0.2) is 45.5 Å². The van der Waals surface area contributed by atoms with Crippen LogP contribution < -0.4 is 0 Å². The van der Waals surface area contributed by atoms with Gasteiger partial charge in [-0.15, -0.1) is 11.8 Å². The Morgan fingerprint density at radius 3 is 2.62 bits per heavy atom. The highest BCUT2D eigenvalue weighted by molar-refractivity contribution is 8.00. The van der Waals surface area contributed by atoms with Crippen LogP contribution in [0.4, 0.5) is 8.78 Å². The number of nitrogens with zero attached hydrogens (tertiary/aromatic N) is 1. The number of carboxylic acids is 1. The van der Waals surface area contributed by atoms with Crippen molar-refractivity contribution in [1.82, 2.24) is 4.90 Å². The average Bonchev–Trinajstić information content (AvgIpc) is 2.61. The fourth-order valence-corrected chi connectivity index (χ4v) is 3.15. The summed E-state index contributed by atoms with van der Waals surface area (Å²) in [5.41, 5.74) is 0. The highest BCUT2D eigenvalue weighted by atomic mass is 32.2. The molecule has 1 saturated heterocycles. The summed E-state index contributed by atoms with van der Waals surface area (Å²) in [6.45, 7) is 1.86. The molecule has 0 saturated carbocycles. The van der Waals surface area contributed by atoms with Crippen LogP contribution in [0.3, 0.4) is 0 Å².